The third-order valence-corrected chi connectivity index (χ3v) is 4.82. The summed E-state index contributed by atoms with van der Waals surface area (Å²) >= 11 is 0. The third kappa shape index (κ3) is 28.8. The van der Waals surface area contributed by atoms with Crippen LogP contribution in [0, 0.1) is 34.6 Å². The Bertz CT molecular complexity index is 1350. The van der Waals surface area contributed by atoms with Crippen molar-refractivity contribution in [1.29, 1.82) is 0 Å². The molecular weight excluding hydrogens is 588 g/mol. The summed E-state index contributed by atoms with van der Waals surface area (Å²) in [6.45, 7) is 12.3. The molecule has 0 amide bonds. The molecule has 0 bridgehead atoms. The van der Waals surface area contributed by atoms with Crippen molar-refractivity contribution in [1.82, 2.24) is 40.3 Å². The lowest BCUT2D eigenvalue weighted by molar-refractivity contribution is 0.518. The molecular formula is C36H50N10O. The van der Waals surface area contributed by atoms with Gasteiger partial charge in [0.05, 0.1) is 6.54 Å². The van der Waals surface area contributed by atoms with Gasteiger partial charge in [-0.05, 0) is 76.1 Å². The summed E-state index contributed by atoms with van der Waals surface area (Å²) < 4.78 is 4.61. The summed E-state index contributed by atoms with van der Waals surface area (Å²) in [5, 5.41) is 13.1. The van der Waals surface area contributed by atoms with E-state index in [0.29, 0.717) is 5.89 Å². The lowest BCUT2D eigenvalue weighted by Crippen LogP contribution is -1.73. The number of aromatic amines is 1. The van der Waals surface area contributed by atoms with Crippen molar-refractivity contribution in [3.8, 4) is 0 Å². The molecule has 0 saturated carbocycles. The lowest BCUT2D eigenvalue weighted by Gasteiger charge is -1.82. The highest BCUT2D eigenvalue weighted by molar-refractivity contribution is 5.92. The molecule has 1 aliphatic heterocycles. The molecule has 5 aromatic heterocycles. The molecule has 0 fully saturated rings. The van der Waals surface area contributed by atoms with Gasteiger partial charge in [0, 0.05) is 49.8 Å². The highest BCUT2D eigenvalue weighted by Gasteiger charge is 1.87. The van der Waals surface area contributed by atoms with Crippen LogP contribution in [-0.2, 0) is 0 Å². The van der Waals surface area contributed by atoms with Gasteiger partial charge in [0.1, 0.15) is 18.0 Å². The number of H-pyrrole nitrogens is 1. The van der Waals surface area contributed by atoms with E-state index in [1.807, 2.05) is 120 Å². The predicted molar refractivity (Wildman–Crippen MR) is 193 cm³/mol. The second kappa shape index (κ2) is 30.3. The maximum absolute atomic E-state index is 4.61. The fourth-order valence-electron chi connectivity index (χ4n) is 2.59. The Hall–Kier alpha value is -5.71. The molecule has 1 aliphatic rings. The first-order chi connectivity index (χ1) is 21.9. The van der Waals surface area contributed by atoms with Crippen LogP contribution in [0.3, 0.4) is 0 Å². The minimum absolute atomic E-state index is 0. The van der Waals surface area contributed by atoms with Crippen molar-refractivity contribution >= 4 is 12.1 Å². The van der Waals surface area contributed by atoms with Crippen LogP contribution in [0.2, 0.25) is 0 Å². The van der Waals surface area contributed by atoms with Crippen LogP contribution in [0.1, 0.15) is 50.3 Å². The standard InChI is InChI=1S/3C6H7N.C6H6.C4H6N2.C3H5N3.C3H4N2O.2CH4/c1-6-2-4-7-5-3-6;1-6-3-2-4-7-5-6;1-6-4-2-3-5-7-6;1-2-4-6-5-3-1;1-4-5-2-3-6-4;1-3-4-2-5-6-3;1-3-5-4-2-6-3;;/h3*2-5H,1H3;1-6H;2H,3H2,1H3;2H,1H3,(H,4,5,6);2H,1H3;2*1H4. The normalized spacial score (nSPS) is 9.53. The van der Waals surface area contributed by atoms with Crippen molar-refractivity contribution in [3.63, 3.8) is 0 Å². The zero-order chi connectivity index (χ0) is 32.8. The van der Waals surface area contributed by atoms with Gasteiger partial charge in [-0.3, -0.25) is 25.0 Å². The maximum atomic E-state index is 4.61. The number of nitrogens with one attached hydrogen (secondary N) is 1. The van der Waals surface area contributed by atoms with Crippen molar-refractivity contribution in [2.45, 2.75) is 56.4 Å². The first kappa shape index (κ1) is 43.4. The van der Waals surface area contributed by atoms with Gasteiger partial charge in [0.2, 0.25) is 12.3 Å². The Morgan fingerprint density at radius 1 is 0.660 bits per heavy atom. The Kier molecular flexibility index (Phi) is 28.0. The number of amidine groups is 1. The van der Waals surface area contributed by atoms with Crippen LogP contribution >= 0.6 is 0 Å². The fraction of sp³-hybridized carbons (Fsp3) is 0.250. The maximum Gasteiger partial charge on any atom is 0.213 e. The van der Waals surface area contributed by atoms with Gasteiger partial charge >= 0.3 is 0 Å². The number of hydrogen-bond acceptors (Lipinski definition) is 10. The summed E-state index contributed by atoms with van der Waals surface area (Å²) in [5.74, 6) is 2.36. The van der Waals surface area contributed by atoms with E-state index in [0.717, 1.165) is 23.9 Å². The molecule has 0 unspecified atom stereocenters. The number of nitrogens with zero attached hydrogens (tertiary/aromatic N) is 9. The Morgan fingerprint density at radius 3 is 1.55 bits per heavy atom. The first-order valence-electron chi connectivity index (χ1n) is 14.1. The fourth-order valence-corrected chi connectivity index (χ4v) is 2.59. The van der Waals surface area contributed by atoms with Crippen molar-refractivity contribution in [2.24, 2.45) is 9.98 Å². The summed E-state index contributed by atoms with van der Waals surface area (Å²) in [4.78, 5) is 23.3. The van der Waals surface area contributed by atoms with Crippen LogP contribution in [0.25, 0.3) is 0 Å². The van der Waals surface area contributed by atoms with E-state index in [4.69, 9.17) is 0 Å². The van der Waals surface area contributed by atoms with E-state index < -0.39 is 0 Å². The second-order valence-corrected chi connectivity index (χ2v) is 8.91. The minimum atomic E-state index is 0. The highest BCUT2D eigenvalue weighted by atomic mass is 16.4. The lowest BCUT2D eigenvalue weighted by atomic mass is 10.3. The summed E-state index contributed by atoms with van der Waals surface area (Å²) in [6, 6.07) is 25.7. The van der Waals surface area contributed by atoms with Gasteiger partial charge in [0.15, 0.2) is 0 Å². The van der Waals surface area contributed by atoms with Gasteiger partial charge in [-0.1, -0.05) is 63.4 Å². The summed E-state index contributed by atoms with van der Waals surface area (Å²) in [5.41, 5.74) is 3.54. The SMILES string of the molecule is C.C.CC1=NCC=N1.Cc1ccccn1.Cc1cccnc1.Cc1ccncc1.Cc1ncn[nH]1.Cc1nnco1.c1ccccc1. The Labute approximate surface area is 280 Å². The van der Waals surface area contributed by atoms with Crippen LogP contribution < -0.4 is 0 Å². The minimum Gasteiger partial charge on any atom is -0.428 e. The van der Waals surface area contributed by atoms with Gasteiger partial charge < -0.3 is 4.42 Å². The molecule has 6 aromatic rings. The van der Waals surface area contributed by atoms with Crippen molar-refractivity contribution < 1.29 is 4.42 Å². The number of aromatic nitrogens is 8. The first-order valence-corrected chi connectivity index (χ1v) is 14.1. The van der Waals surface area contributed by atoms with Crippen molar-refractivity contribution in [2.75, 3.05) is 6.54 Å². The zero-order valence-corrected chi connectivity index (χ0v) is 26.8. The molecule has 47 heavy (non-hydrogen) atoms. The number of pyridine rings is 3. The number of aliphatic imine (C=N–C) groups is 2. The number of rotatable bonds is 0. The van der Waals surface area contributed by atoms with Crippen LogP contribution in [0.4, 0.5) is 0 Å². The van der Waals surface area contributed by atoms with Gasteiger partial charge in [-0.2, -0.15) is 5.10 Å². The van der Waals surface area contributed by atoms with E-state index in [9.17, 15) is 0 Å². The van der Waals surface area contributed by atoms with E-state index in [1.54, 1.807) is 37.9 Å². The highest BCUT2D eigenvalue weighted by Crippen LogP contribution is 1.89. The molecule has 0 aliphatic carbocycles. The van der Waals surface area contributed by atoms with Gasteiger partial charge in [0.25, 0.3) is 0 Å². The van der Waals surface area contributed by atoms with E-state index in [1.165, 1.54) is 23.8 Å². The quantitative estimate of drug-likeness (QED) is 0.176. The second-order valence-electron chi connectivity index (χ2n) is 8.91. The molecule has 250 valence electrons. The monoisotopic (exact) mass is 638 g/mol. The molecule has 11 heteroatoms. The summed E-state index contributed by atoms with van der Waals surface area (Å²) in [6.07, 6.45) is 13.5. The molecule has 1 aromatic carbocycles. The van der Waals surface area contributed by atoms with Crippen LogP contribution in [0.15, 0.2) is 137 Å². The van der Waals surface area contributed by atoms with E-state index in [-0.39, 0.29) is 14.9 Å². The Balaban J connectivity index is 0. The number of hydrogen-bond donors (Lipinski definition) is 1. The predicted octanol–water partition coefficient (Wildman–Crippen LogP) is 8.11. The topological polar surface area (TPSA) is 144 Å². The summed E-state index contributed by atoms with van der Waals surface area (Å²) in [7, 11) is 0. The number of aryl methyl sites for hydroxylation is 5. The van der Waals surface area contributed by atoms with Crippen LogP contribution in [0.5, 0.6) is 0 Å². The molecule has 11 nitrogen and oxygen atoms in total. The van der Waals surface area contributed by atoms with E-state index >= 15 is 0 Å². The van der Waals surface area contributed by atoms with Gasteiger partial charge in [-0.25, -0.2) is 9.98 Å². The molecule has 6 heterocycles. The molecule has 0 saturated heterocycles. The van der Waals surface area contributed by atoms with Crippen LogP contribution in [-0.4, -0.2) is 58.9 Å². The smallest absolute Gasteiger partial charge is 0.213 e. The van der Waals surface area contributed by atoms with E-state index in [2.05, 4.69) is 54.7 Å². The Morgan fingerprint density at radius 2 is 1.34 bits per heavy atom. The average Bonchev–Trinajstić information content (AvgIpc) is 3.87. The third-order valence-electron chi connectivity index (χ3n) is 4.82. The zero-order valence-electron chi connectivity index (χ0n) is 26.8. The molecule has 0 atom stereocenters. The molecule has 7 rings (SSSR count). The molecule has 0 radical (unpaired) electrons. The van der Waals surface area contributed by atoms with Gasteiger partial charge in [-0.15, -0.1) is 10.2 Å². The number of benzene rings is 1. The molecule has 0 spiro atoms. The molecule has 1 N–H and O–H groups in total. The van der Waals surface area contributed by atoms with Crippen molar-refractivity contribution in [3.05, 3.63) is 151 Å². The average molecular weight is 639 g/mol. The largest absolute Gasteiger partial charge is 0.428 e.